The van der Waals surface area contributed by atoms with Crippen LogP contribution in [0.2, 0.25) is 0 Å². The zero-order valence-corrected chi connectivity index (χ0v) is 12.5. The second-order valence-electron chi connectivity index (χ2n) is 4.89. The first kappa shape index (κ1) is 17.7. The molecule has 0 bridgehead atoms. The number of anilines is 1. The molecule has 0 aliphatic carbocycles. The Balaban J connectivity index is 0.00000220. The highest BCUT2D eigenvalue weighted by Crippen LogP contribution is 2.25. The normalized spacial score (nSPS) is 18.0. The molecule has 1 aliphatic rings. The van der Waals surface area contributed by atoms with Crippen molar-refractivity contribution in [2.24, 2.45) is 5.92 Å². The maximum atomic E-state index is 12.3. The fourth-order valence-electron chi connectivity index (χ4n) is 2.22. The Labute approximate surface area is 128 Å². The van der Waals surface area contributed by atoms with Crippen LogP contribution in [0.5, 0.6) is 5.75 Å². The summed E-state index contributed by atoms with van der Waals surface area (Å²) < 4.78 is 29.0. The van der Waals surface area contributed by atoms with Gasteiger partial charge in [-0.3, -0.25) is 4.79 Å². The third-order valence-electron chi connectivity index (χ3n) is 3.34. The standard InChI is InChI=1S/C14H18F2N2O2.ClH/c1-9-4-5-11(7-12(9)20-14(15)16)18-13(19)10-3-2-6-17-8-10;/h4-5,7,10,14,17H,2-3,6,8H2,1H3,(H,18,19);1H. The minimum Gasteiger partial charge on any atom is -0.434 e. The van der Waals surface area contributed by atoms with Crippen molar-refractivity contribution in [2.75, 3.05) is 18.4 Å². The zero-order valence-electron chi connectivity index (χ0n) is 11.7. The fraction of sp³-hybridized carbons (Fsp3) is 0.500. The smallest absolute Gasteiger partial charge is 0.387 e. The Morgan fingerprint density at radius 2 is 2.24 bits per heavy atom. The monoisotopic (exact) mass is 320 g/mol. The van der Waals surface area contributed by atoms with E-state index in [0.29, 0.717) is 17.8 Å². The first-order chi connectivity index (χ1) is 9.56. The summed E-state index contributed by atoms with van der Waals surface area (Å²) in [6, 6.07) is 4.75. The molecule has 1 aromatic rings. The summed E-state index contributed by atoms with van der Waals surface area (Å²) in [6.45, 7) is 0.384. The van der Waals surface area contributed by atoms with Crippen molar-refractivity contribution in [3.05, 3.63) is 23.8 Å². The van der Waals surface area contributed by atoms with Gasteiger partial charge >= 0.3 is 6.61 Å². The van der Waals surface area contributed by atoms with E-state index < -0.39 is 6.61 Å². The Morgan fingerprint density at radius 3 is 2.86 bits per heavy atom. The molecule has 1 aromatic carbocycles. The third kappa shape index (κ3) is 5.13. The number of halogens is 3. The number of nitrogens with one attached hydrogen (secondary N) is 2. The lowest BCUT2D eigenvalue weighted by Gasteiger charge is -2.22. The van der Waals surface area contributed by atoms with Crippen LogP contribution in [-0.2, 0) is 4.79 Å². The summed E-state index contributed by atoms with van der Waals surface area (Å²) >= 11 is 0. The van der Waals surface area contributed by atoms with Gasteiger partial charge in [-0.05, 0) is 37.9 Å². The molecule has 7 heteroatoms. The van der Waals surface area contributed by atoms with Crippen molar-refractivity contribution in [3.8, 4) is 5.75 Å². The topological polar surface area (TPSA) is 50.4 Å². The molecule has 1 amide bonds. The molecule has 1 unspecified atom stereocenters. The number of benzene rings is 1. The number of carbonyl (C=O) groups is 1. The average molecular weight is 321 g/mol. The molecule has 118 valence electrons. The number of ether oxygens (including phenoxy) is 1. The van der Waals surface area contributed by atoms with E-state index in [1.54, 1.807) is 19.1 Å². The Morgan fingerprint density at radius 1 is 1.48 bits per heavy atom. The molecule has 0 spiro atoms. The molecule has 4 nitrogen and oxygen atoms in total. The number of piperidine rings is 1. The van der Waals surface area contributed by atoms with Crippen molar-refractivity contribution >= 4 is 24.0 Å². The molecule has 1 saturated heterocycles. The Kier molecular flexibility index (Phi) is 6.84. The van der Waals surface area contributed by atoms with E-state index in [2.05, 4.69) is 15.4 Å². The molecule has 2 rings (SSSR count). The molecule has 1 heterocycles. The molecule has 21 heavy (non-hydrogen) atoms. The fourth-order valence-corrected chi connectivity index (χ4v) is 2.22. The van der Waals surface area contributed by atoms with E-state index in [4.69, 9.17) is 0 Å². The number of rotatable bonds is 4. The number of alkyl halides is 2. The van der Waals surface area contributed by atoms with E-state index >= 15 is 0 Å². The molecule has 1 fully saturated rings. The summed E-state index contributed by atoms with van der Waals surface area (Å²) in [4.78, 5) is 12.0. The number of amides is 1. The average Bonchev–Trinajstić information content (AvgIpc) is 2.43. The molecule has 0 saturated carbocycles. The van der Waals surface area contributed by atoms with Gasteiger partial charge < -0.3 is 15.4 Å². The predicted molar refractivity (Wildman–Crippen MR) is 79.3 cm³/mol. The van der Waals surface area contributed by atoms with Crippen molar-refractivity contribution in [2.45, 2.75) is 26.4 Å². The van der Waals surface area contributed by atoms with Crippen LogP contribution in [-0.4, -0.2) is 25.6 Å². The van der Waals surface area contributed by atoms with Crippen LogP contribution in [0.3, 0.4) is 0 Å². The van der Waals surface area contributed by atoms with Crippen LogP contribution in [0.15, 0.2) is 18.2 Å². The first-order valence-corrected chi connectivity index (χ1v) is 6.63. The first-order valence-electron chi connectivity index (χ1n) is 6.63. The van der Waals surface area contributed by atoms with Gasteiger partial charge in [-0.25, -0.2) is 0 Å². The molecular weight excluding hydrogens is 302 g/mol. The van der Waals surface area contributed by atoms with Crippen LogP contribution in [0, 0.1) is 12.8 Å². The second-order valence-corrected chi connectivity index (χ2v) is 4.89. The zero-order chi connectivity index (χ0) is 14.5. The summed E-state index contributed by atoms with van der Waals surface area (Å²) in [7, 11) is 0. The molecule has 1 atom stereocenters. The van der Waals surface area contributed by atoms with Crippen LogP contribution in [0.4, 0.5) is 14.5 Å². The van der Waals surface area contributed by atoms with E-state index in [9.17, 15) is 13.6 Å². The van der Waals surface area contributed by atoms with Gasteiger partial charge in [0.15, 0.2) is 0 Å². The van der Waals surface area contributed by atoms with Gasteiger partial charge in [0.1, 0.15) is 5.75 Å². The van der Waals surface area contributed by atoms with E-state index in [1.165, 1.54) is 6.07 Å². The van der Waals surface area contributed by atoms with Gasteiger partial charge in [0.2, 0.25) is 5.91 Å². The van der Waals surface area contributed by atoms with E-state index in [-0.39, 0.29) is 30.0 Å². The number of hydrogen-bond acceptors (Lipinski definition) is 3. The maximum absolute atomic E-state index is 12.3. The maximum Gasteiger partial charge on any atom is 0.387 e. The highest BCUT2D eigenvalue weighted by atomic mass is 35.5. The summed E-state index contributed by atoms with van der Waals surface area (Å²) in [5.74, 6) is -0.0897. The summed E-state index contributed by atoms with van der Waals surface area (Å²) in [6.07, 6.45) is 1.80. The third-order valence-corrected chi connectivity index (χ3v) is 3.34. The second kappa shape index (κ2) is 8.14. The number of hydrogen-bond donors (Lipinski definition) is 2. The van der Waals surface area contributed by atoms with Crippen LogP contribution >= 0.6 is 12.4 Å². The number of carbonyl (C=O) groups excluding carboxylic acids is 1. The highest BCUT2D eigenvalue weighted by Gasteiger charge is 2.21. The highest BCUT2D eigenvalue weighted by molar-refractivity contribution is 5.93. The lowest BCUT2D eigenvalue weighted by atomic mass is 9.99. The van der Waals surface area contributed by atoms with Crippen molar-refractivity contribution in [3.63, 3.8) is 0 Å². The molecular formula is C14H19ClF2N2O2. The lowest BCUT2D eigenvalue weighted by molar-refractivity contribution is -0.120. The molecule has 0 radical (unpaired) electrons. The van der Waals surface area contributed by atoms with Gasteiger partial charge in [-0.2, -0.15) is 8.78 Å². The van der Waals surface area contributed by atoms with Crippen molar-refractivity contribution in [1.82, 2.24) is 5.32 Å². The predicted octanol–water partition coefficient (Wildman–Crippen LogP) is 2.96. The van der Waals surface area contributed by atoms with Crippen LogP contribution < -0.4 is 15.4 Å². The van der Waals surface area contributed by atoms with E-state index in [0.717, 1.165) is 19.4 Å². The quantitative estimate of drug-likeness (QED) is 0.896. The van der Waals surface area contributed by atoms with Crippen molar-refractivity contribution < 1.29 is 18.3 Å². The number of aryl methyl sites for hydroxylation is 1. The largest absolute Gasteiger partial charge is 0.434 e. The minimum atomic E-state index is -2.87. The Bertz CT molecular complexity index is 480. The van der Waals surface area contributed by atoms with Gasteiger partial charge in [0, 0.05) is 18.3 Å². The molecule has 2 N–H and O–H groups in total. The van der Waals surface area contributed by atoms with Crippen LogP contribution in [0.1, 0.15) is 18.4 Å². The summed E-state index contributed by atoms with van der Waals surface area (Å²) in [5, 5.41) is 5.91. The van der Waals surface area contributed by atoms with Crippen LogP contribution in [0.25, 0.3) is 0 Å². The van der Waals surface area contributed by atoms with Gasteiger partial charge in [0.05, 0.1) is 5.92 Å². The van der Waals surface area contributed by atoms with Gasteiger partial charge in [-0.15, -0.1) is 12.4 Å². The lowest BCUT2D eigenvalue weighted by Crippen LogP contribution is -2.37. The molecule has 1 aliphatic heterocycles. The van der Waals surface area contributed by atoms with Gasteiger partial charge in [-0.1, -0.05) is 6.07 Å². The SMILES string of the molecule is Cc1ccc(NC(=O)C2CCCNC2)cc1OC(F)F.Cl. The summed E-state index contributed by atoms with van der Waals surface area (Å²) in [5.41, 5.74) is 1.07. The van der Waals surface area contributed by atoms with Crippen molar-refractivity contribution in [1.29, 1.82) is 0 Å². The van der Waals surface area contributed by atoms with Gasteiger partial charge in [0.25, 0.3) is 0 Å². The Hall–Kier alpha value is -1.40. The minimum absolute atomic E-state index is 0. The van der Waals surface area contributed by atoms with E-state index in [1.807, 2.05) is 0 Å². The molecule has 0 aromatic heterocycles.